The minimum absolute atomic E-state index is 0.0319. The van der Waals surface area contributed by atoms with Crippen molar-refractivity contribution in [2.24, 2.45) is 0 Å². The highest BCUT2D eigenvalue weighted by molar-refractivity contribution is 6.36. The molecule has 2 aromatic carbocycles. The van der Waals surface area contributed by atoms with E-state index in [0.717, 1.165) is 5.39 Å². The van der Waals surface area contributed by atoms with Gasteiger partial charge < -0.3 is 19.8 Å². The van der Waals surface area contributed by atoms with Crippen molar-refractivity contribution in [3.05, 3.63) is 35.4 Å². The van der Waals surface area contributed by atoms with Crippen LogP contribution in [0.5, 0.6) is 11.5 Å². The van der Waals surface area contributed by atoms with Crippen molar-refractivity contribution in [1.82, 2.24) is 0 Å². The molecule has 0 atom stereocenters. The topological polar surface area (TPSA) is 69.9 Å². The Morgan fingerprint density at radius 2 is 1.94 bits per heavy atom. The molecule has 6 heteroatoms. The highest BCUT2D eigenvalue weighted by Gasteiger charge is 2.15. The van der Waals surface area contributed by atoms with E-state index in [1.807, 2.05) is 0 Å². The summed E-state index contributed by atoms with van der Waals surface area (Å²) in [6, 6.07) is 8.12. The molecule has 0 bridgehead atoms. The van der Waals surface area contributed by atoms with Gasteiger partial charge in [-0.15, -0.1) is 0 Å². The van der Waals surface area contributed by atoms with Gasteiger partial charge in [0, 0.05) is 10.4 Å². The third-order valence-electron chi connectivity index (χ3n) is 2.14. The molecule has 0 saturated carbocycles. The first-order valence-corrected chi connectivity index (χ1v) is 4.90. The third-order valence-corrected chi connectivity index (χ3v) is 2.47. The molecule has 0 radical (unpaired) electrons. The molecule has 0 aliphatic heterocycles. The number of halogens is 1. The Kier molecular flexibility index (Phi) is 2.91. The molecule has 2 rings (SSSR count). The Balaban J connectivity index is 2.60. The van der Waals surface area contributed by atoms with E-state index in [1.165, 1.54) is 12.1 Å². The number of hydrogen-bond acceptors (Lipinski definition) is 4. The van der Waals surface area contributed by atoms with Crippen molar-refractivity contribution in [2.45, 2.75) is 0 Å². The molecule has 0 unspecified atom stereocenters. The second-order valence-electron chi connectivity index (χ2n) is 3.23. The molecular formula is C10H8BClO4. The summed E-state index contributed by atoms with van der Waals surface area (Å²) < 4.78 is 4.61. The number of aromatic hydroxyl groups is 1. The Morgan fingerprint density at radius 3 is 2.62 bits per heavy atom. The molecule has 0 fully saturated rings. The van der Waals surface area contributed by atoms with Crippen LogP contribution >= 0.6 is 11.6 Å². The van der Waals surface area contributed by atoms with E-state index in [4.69, 9.17) is 21.6 Å². The molecule has 0 heterocycles. The second kappa shape index (κ2) is 4.21. The fraction of sp³-hybridized carbons (Fsp3) is 0. The maximum absolute atomic E-state index is 9.56. The van der Waals surface area contributed by atoms with Crippen LogP contribution in [0.25, 0.3) is 10.8 Å². The van der Waals surface area contributed by atoms with Crippen LogP contribution in [0.4, 0.5) is 0 Å². The average Bonchev–Trinajstić information content (AvgIpc) is 2.20. The van der Waals surface area contributed by atoms with Gasteiger partial charge in [0.25, 0.3) is 0 Å². The number of rotatable bonds is 2. The van der Waals surface area contributed by atoms with Crippen molar-refractivity contribution in [2.75, 3.05) is 0 Å². The third kappa shape index (κ3) is 2.06. The van der Waals surface area contributed by atoms with E-state index in [9.17, 15) is 5.11 Å². The number of phenolic OH excluding ortho intramolecular Hbond substituents is 1. The minimum atomic E-state index is -1.98. The maximum atomic E-state index is 9.56. The molecule has 0 amide bonds. The summed E-state index contributed by atoms with van der Waals surface area (Å²) in [6.45, 7) is 0. The Labute approximate surface area is 96.8 Å². The van der Waals surface area contributed by atoms with E-state index in [2.05, 4.69) is 4.65 Å². The molecule has 4 nitrogen and oxygen atoms in total. The largest absolute Gasteiger partial charge is 0.707 e. The number of hydrogen-bond donors (Lipinski definition) is 3. The zero-order valence-electron chi connectivity index (χ0n) is 8.09. The summed E-state index contributed by atoms with van der Waals surface area (Å²) in [5, 5.41) is 28.8. The van der Waals surface area contributed by atoms with Crippen molar-refractivity contribution < 1.29 is 19.8 Å². The van der Waals surface area contributed by atoms with E-state index < -0.39 is 7.32 Å². The molecule has 0 saturated heterocycles. The molecule has 3 N–H and O–H groups in total. The van der Waals surface area contributed by atoms with Crippen LogP contribution in [0, 0.1) is 0 Å². The van der Waals surface area contributed by atoms with Crippen LogP contribution in [-0.4, -0.2) is 22.5 Å². The fourth-order valence-electron chi connectivity index (χ4n) is 1.46. The van der Waals surface area contributed by atoms with Gasteiger partial charge in [-0.1, -0.05) is 23.7 Å². The van der Waals surface area contributed by atoms with Gasteiger partial charge in [-0.3, -0.25) is 0 Å². The predicted molar refractivity (Wildman–Crippen MR) is 61.4 cm³/mol. The van der Waals surface area contributed by atoms with Crippen LogP contribution < -0.4 is 4.65 Å². The van der Waals surface area contributed by atoms with Gasteiger partial charge in [-0.05, 0) is 23.6 Å². The highest BCUT2D eigenvalue weighted by atomic mass is 35.5. The molecule has 0 spiro atoms. The molecule has 16 heavy (non-hydrogen) atoms. The molecular weight excluding hydrogens is 230 g/mol. The van der Waals surface area contributed by atoms with Crippen molar-refractivity contribution >= 4 is 29.7 Å². The highest BCUT2D eigenvalue weighted by Crippen LogP contribution is 2.34. The molecule has 2 aromatic rings. The zero-order chi connectivity index (χ0) is 11.7. The number of phenols is 1. The molecule has 0 aliphatic carbocycles. The number of benzene rings is 2. The van der Waals surface area contributed by atoms with E-state index in [-0.39, 0.29) is 11.5 Å². The maximum Gasteiger partial charge on any atom is 0.707 e. The zero-order valence-corrected chi connectivity index (χ0v) is 8.85. The van der Waals surface area contributed by atoms with Gasteiger partial charge in [0.15, 0.2) is 5.75 Å². The SMILES string of the molecule is OB(O)Oc1cc2c(Cl)cccc2cc1O. The average molecular weight is 238 g/mol. The lowest BCUT2D eigenvalue weighted by Crippen LogP contribution is -2.20. The van der Waals surface area contributed by atoms with Crippen LogP contribution in [-0.2, 0) is 0 Å². The minimum Gasteiger partial charge on any atom is -0.509 e. The first-order valence-electron chi connectivity index (χ1n) is 4.52. The van der Waals surface area contributed by atoms with Gasteiger partial charge in [0.05, 0.1) is 0 Å². The van der Waals surface area contributed by atoms with E-state index in [1.54, 1.807) is 18.2 Å². The summed E-state index contributed by atoms with van der Waals surface area (Å²) in [5.74, 6) is -0.210. The van der Waals surface area contributed by atoms with Crippen LogP contribution in [0.1, 0.15) is 0 Å². The van der Waals surface area contributed by atoms with Gasteiger partial charge in [0.1, 0.15) is 5.75 Å². The first kappa shape index (κ1) is 11.1. The quantitative estimate of drug-likeness (QED) is 0.694. The van der Waals surface area contributed by atoms with Crippen molar-refractivity contribution in [1.29, 1.82) is 0 Å². The Hall–Kier alpha value is -1.43. The van der Waals surface area contributed by atoms with Crippen LogP contribution in [0.15, 0.2) is 30.3 Å². The summed E-state index contributed by atoms with van der Waals surface area (Å²) in [4.78, 5) is 0. The predicted octanol–water partition coefficient (Wildman–Crippen LogP) is 1.55. The van der Waals surface area contributed by atoms with E-state index >= 15 is 0 Å². The van der Waals surface area contributed by atoms with Gasteiger partial charge in [0.2, 0.25) is 0 Å². The summed E-state index contributed by atoms with van der Waals surface area (Å²) in [7, 11) is -1.98. The summed E-state index contributed by atoms with van der Waals surface area (Å²) >= 11 is 5.96. The number of fused-ring (bicyclic) bond motifs is 1. The lowest BCUT2D eigenvalue weighted by molar-refractivity contribution is 0.281. The lowest BCUT2D eigenvalue weighted by atomic mass is 10.1. The first-order chi connectivity index (χ1) is 7.58. The monoisotopic (exact) mass is 238 g/mol. The standard InChI is InChI=1S/C10H8BClO4/c12-8-3-1-2-6-4-9(13)10(5-7(6)8)16-11(14)15/h1-5,13-15H. The Morgan fingerprint density at radius 1 is 1.19 bits per heavy atom. The van der Waals surface area contributed by atoms with Crippen LogP contribution in [0.3, 0.4) is 0 Å². The van der Waals surface area contributed by atoms with Gasteiger partial charge in [-0.2, -0.15) is 0 Å². The second-order valence-corrected chi connectivity index (χ2v) is 3.63. The van der Waals surface area contributed by atoms with Crippen molar-refractivity contribution in [3.8, 4) is 11.5 Å². The Bertz CT molecular complexity index is 529. The van der Waals surface area contributed by atoms with Crippen LogP contribution in [0.2, 0.25) is 5.02 Å². The molecule has 82 valence electrons. The van der Waals surface area contributed by atoms with Crippen molar-refractivity contribution in [3.63, 3.8) is 0 Å². The van der Waals surface area contributed by atoms with E-state index in [0.29, 0.717) is 10.4 Å². The summed E-state index contributed by atoms with van der Waals surface area (Å²) in [6.07, 6.45) is 0. The van der Waals surface area contributed by atoms with Gasteiger partial charge >= 0.3 is 7.32 Å². The van der Waals surface area contributed by atoms with Gasteiger partial charge in [-0.25, -0.2) is 0 Å². The lowest BCUT2D eigenvalue weighted by Gasteiger charge is -2.09. The molecule has 0 aliphatic rings. The fourth-order valence-corrected chi connectivity index (χ4v) is 1.70. The summed E-state index contributed by atoms with van der Waals surface area (Å²) in [5.41, 5.74) is 0. The molecule has 0 aromatic heterocycles. The smallest absolute Gasteiger partial charge is 0.509 e. The normalized spacial score (nSPS) is 10.4.